The second-order valence-corrected chi connectivity index (χ2v) is 6.56. The molecule has 0 saturated heterocycles. The number of rotatable bonds is 6. The minimum absolute atomic E-state index is 0.00160. The zero-order chi connectivity index (χ0) is 18.5. The van der Waals surface area contributed by atoms with Crippen molar-refractivity contribution >= 4 is 33.3 Å². The molecule has 0 aliphatic carbocycles. The van der Waals surface area contributed by atoms with E-state index in [0.29, 0.717) is 17.9 Å². The minimum Gasteiger partial charge on any atom is -0.311 e. The lowest BCUT2D eigenvalue weighted by Crippen LogP contribution is -2.18. The predicted octanol–water partition coefficient (Wildman–Crippen LogP) is 3.78. The van der Waals surface area contributed by atoms with Gasteiger partial charge in [0.15, 0.2) is 0 Å². The van der Waals surface area contributed by atoms with E-state index in [1.54, 1.807) is 29.1 Å². The van der Waals surface area contributed by atoms with E-state index in [1.165, 1.54) is 12.1 Å². The molecule has 0 atom stereocenters. The number of carbonyl (C=O) groups excluding carboxylic acids is 1. The summed E-state index contributed by atoms with van der Waals surface area (Å²) in [5.41, 5.74) is 1.76. The van der Waals surface area contributed by atoms with Gasteiger partial charge in [-0.3, -0.25) is 14.9 Å². The molecule has 132 valence electrons. The van der Waals surface area contributed by atoms with E-state index in [4.69, 9.17) is 0 Å². The zero-order valence-electron chi connectivity index (χ0n) is 13.6. The highest BCUT2D eigenvalue weighted by molar-refractivity contribution is 9.10. The summed E-state index contributed by atoms with van der Waals surface area (Å²) in [6.45, 7) is 0.535. The smallest absolute Gasteiger partial charge is 0.269 e. The van der Waals surface area contributed by atoms with E-state index < -0.39 is 4.92 Å². The lowest BCUT2D eigenvalue weighted by molar-refractivity contribution is -0.384. The zero-order valence-corrected chi connectivity index (χ0v) is 15.2. The second kappa shape index (κ2) is 7.92. The van der Waals surface area contributed by atoms with Crippen molar-refractivity contribution in [1.82, 2.24) is 9.78 Å². The van der Waals surface area contributed by atoms with Crippen LogP contribution in [0.1, 0.15) is 11.1 Å². The van der Waals surface area contributed by atoms with Crippen molar-refractivity contribution in [3.63, 3.8) is 0 Å². The molecule has 1 aromatic heterocycles. The molecule has 0 radical (unpaired) electrons. The number of amides is 1. The highest BCUT2D eigenvalue weighted by Crippen LogP contribution is 2.15. The van der Waals surface area contributed by atoms with E-state index >= 15 is 0 Å². The number of nitro benzene ring substituents is 1. The third-order valence-corrected chi connectivity index (χ3v) is 4.27. The van der Waals surface area contributed by atoms with Crippen molar-refractivity contribution in [2.75, 3.05) is 5.32 Å². The first-order chi connectivity index (χ1) is 12.5. The Morgan fingerprint density at radius 2 is 1.73 bits per heavy atom. The number of non-ortho nitro benzene ring substituents is 1. The molecule has 26 heavy (non-hydrogen) atoms. The number of hydrogen-bond acceptors (Lipinski definition) is 4. The van der Waals surface area contributed by atoms with Gasteiger partial charge in [0.2, 0.25) is 5.91 Å². The minimum atomic E-state index is -0.468. The molecule has 0 unspecified atom stereocenters. The molecule has 0 fully saturated rings. The maximum Gasteiger partial charge on any atom is 0.269 e. The number of nitrogens with zero attached hydrogens (tertiary/aromatic N) is 3. The van der Waals surface area contributed by atoms with Crippen LogP contribution >= 0.6 is 15.9 Å². The molecule has 7 nitrogen and oxygen atoms in total. The fraction of sp³-hybridized carbons (Fsp3) is 0.111. The predicted molar refractivity (Wildman–Crippen MR) is 101 cm³/mol. The van der Waals surface area contributed by atoms with E-state index in [-0.39, 0.29) is 18.0 Å². The van der Waals surface area contributed by atoms with Gasteiger partial charge in [-0.2, -0.15) is 5.10 Å². The fourth-order valence-electron chi connectivity index (χ4n) is 2.44. The van der Waals surface area contributed by atoms with Crippen molar-refractivity contribution in [2.45, 2.75) is 13.0 Å². The molecule has 1 heterocycles. The van der Waals surface area contributed by atoms with Crippen LogP contribution in [-0.2, 0) is 17.8 Å². The first-order valence-electron chi connectivity index (χ1n) is 7.81. The Bertz CT molecular complexity index is 920. The number of hydrogen-bond donors (Lipinski definition) is 1. The van der Waals surface area contributed by atoms with Gasteiger partial charge in [-0.25, -0.2) is 4.68 Å². The Hall–Kier alpha value is -3.00. The first-order valence-corrected chi connectivity index (χ1v) is 8.60. The molecular formula is C18H15BrN4O3. The van der Waals surface area contributed by atoms with Crippen molar-refractivity contribution in [3.05, 3.63) is 86.5 Å². The van der Waals surface area contributed by atoms with Gasteiger partial charge >= 0.3 is 0 Å². The molecule has 3 aromatic rings. The summed E-state index contributed by atoms with van der Waals surface area (Å²) < 4.78 is 2.70. The van der Waals surface area contributed by atoms with E-state index in [9.17, 15) is 14.9 Å². The molecule has 2 aromatic carbocycles. The van der Waals surface area contributed by atoms with Crippen LogP contribution < -0.4 is 5.32 Å². The van der Waals surface area contributed by atoms with Crippen molar-refractivity contribution in [3.8, 4) is 0 Å². The molecule has 0 spiro atoms. The molecule has 8 heteroatoms. The number of aromatic nitrogens is 2. The highest BCUT2D eigenvalue weighted by atomic mass is 79.9. The van der Waals surface area contributed by atoms with E-state index in [1.807, 2.05) is 24.3 Å². The maximum absolute atomic E-state index is 12.3. The van der Waals surface area contributed by atoms with Gasteiger partial charge in [0.1, 0.15) is 5.82 Å². The van der Waals surface area contributed by atoms with E-state index in [2.05, 4.69) is 26.3 Å². The lowest BCUT2D eigenvalue weighted by Gasteiger charge is -2.09. The number of anilines is 1. The summed E-state index contributed by atoms with van der Waals surface area (Å²) in [7, 11) is 0. The van der Waals surface area contributed by atoms with Gasteiger partial charge in [0.25, 0.3) is 5.69 Å². The summed E-state index contributed by atoms with van der Waals surface area (Å²) in [6.07, 6.45) is 1.75. The Morgan fingerprint density at radius 3 is 2.38 bits per heavy atom. The quantitative estimate of drug-likeness (QED) is 0.490. The van der Waals surface area contributed by atoms with Crippen molar-refractivity contribution in [2.24, 2.45) is 0 Å². The monoisotopic (exact) mass is 414 g/mol. The number of carbonyl (C=O) groups is 1. The van der Waals surface area contributed by atoms with Crippen LogP contribution in [0.2, 0.25) is 0 Å². The molecule has 0 aliphatic rings. The van der Waals surface area contributed by atoms with Crippen LogP contribution in [0.15, 0.2) is 65.3 Å². The number of nitro groups is 1. The maximum atomic E-state index is 12.3. The third-order valence-electron chi connectivity index (χ3n) is 3.74. The van der Waals surface area contributed by atoms with Crippen LogP contribution in [0.3, 0.4) is 0 Å². The number of halogens is 1. The summed E-state index contributed by atoms with van der Waals surface area (Å²) in [6, 6.07) is 15.5. The molecule has 0 saturated carbocycles. The van der Waals surface area contributed by atoms with Crippen LogP contribution in [0.4, 0.5) is 11.5 Å². The van der Waals surface area contributed by atoms with Crippen LogP contribution in [0.5, 0.6) is 0 Å². The van der Waals surface area contributed by atoms with E-state index in [0.717, 1.165) is 10.0 Å². The molecule has 3 rings (SSSR count). The van der Waals surface area contributed by atoms with Crippen molar-refractivity contribution in [1.29, 1.82) is 0 Å². The van der Waals surface area contributed by atoms with Crippen LogP contribution in [0, 0.1) is 10.1 Å². The first kappa shape index (κ1) is 17.8. The van der Waals surface area contributed by atoms with Gasteiger partial charge in [-0.05, 0) is 23.3 Å². The number of benzene rings is 2. The van der Waals surface area contributed by atoms with Gasteiger partial charge in [0, 0.05) is 22.7 Å². The largest absolute Gasteiger partial charge is 0.311 e. The second-order valence-electron chi connectivity index (χ2n) is 5.65. The average molecular weight is 415 g/mol. The Labute approximate surface area is 157 Å². The lowest BCUT2D eigenvalue weighted by atomic mass is 10.1. The Kier molecular flexibility index (Phi) is 5.43. The third kappa shape index (κ3) is 4.54. The average Bonchev–Trinajstić information content (AvgIpc) is 3.04. The molecule has 1 N–H and O–H groups in total. The van der Waals surface area contributed by atoms with Gasteiger partial charge < -0.3 is 5.32 Å². The normalized spacial score (nSPS) is 10.5. The fourth-order valence-corrected chi connectivity index (χ4v) is 2.70. The topological polar surface area (TPSA) is 90.1 Å². The summed E-state index contributed by atoms with van der Waals surface area (Å²) in [4.78, 5) is 22.5. The van der Waals surface area contributed by atoms with Crippen LogP contribution in [-0.4, -0.2) is 20.6 Å². The Morgan fingerprint density at radius 1 is 1.08 bits per heavy atom. The summed E-state index contributed by atoms with van der Waals surface area (Å²) in [5, 5.41) is 17.7. The summed E-state index contributed by atoms with van der Waals surface area (Å²) in [5.74, 6) is 0.385. The SMILES string of the molecule is O=C(Cc1ccc([N+](=O)[O-])cc1)Nc1ccnn1Cc1ccc(Br)cc1. The van der Waals surface area contributed by atoms with Gasteiger partial charge in [-0.15, -0.1) is 0 Å². The van der Waals surface area contributed by atoms with Gasteiger partial charge in [0.05, 0.1) is 24.1 Å². The standard InChI is InChI=1S/C18H15BrN4O3/c19-15-5-1-14(2-6-15)12-22-17(9-10-20-22)21-18(24)11-13-3-7-16(8-4-13)23(25)26/h1-10H,11-12H2,(H,21,24). The molecular weight excluding hydrogens is 400 g/mol. The number of nitrogens with one attached hydrogen (secondary N) is 1. The van der Waals surface area contributed by atoms with Crippen molar-refractivity contribution < 1.29 is 9.72 Å². The summed E-state index contributed by atoms with van der Waals surface area (Å²) >= 11 is 3.40. The molecule has 0 bridgehead atoms. The highest BCUT2D eigenvalue weighted by Gasteiger charge is 2.10. The van der Waals surface area contributed by atoms with Crippen LogP contribution in [0.25, 0.3) is 0 Å². The Balaban J connectivity index is 1.63. The van der Waals surface area contributed by atoms with Gasteiger partial charge in [-0.1, -0.05) is 40.2 Å². The molecule has 0 aliphatic heterocycles. The molecule has 1 amide bonds.